The van der Waals surface area contributed by atoms with Gasteiger partial charge in [0.1, 0.15) is 12.6 Å². The zero-order valence-corrected chi connectivity index (χ0v) is 10.4. The Morgan fingerprint density at radius 1 is 1.44 bits per heavy atom. The van der Waals surface area contributed by atoms with E-state index in [1.54, 1.807) is 6.92 Å². The molecule has 0 aromatic heterocycles. The van der Waals surface area contributed by atoms with Crippen LogP contribution in [0, 0.1) is 5.92 Å². The number of hydrogen-bond acceptors (Lipinski definition) is 3. The van der Waals surface area contributed by atoms with Gasteiger partial charge in [-0.25, -0.2) is 5.43 Å². The summed E-state index contributed by atoms with van der Waals surface area (Å²) in [6.45, 7) is 8.11. The third kappa shape index (κ3) is 3.48. The topological polar surface area (TPSA) is 61.4 Å². The number of carbonyl (C=O) groups excluding carboxylic acids is 2. The van der Waals surface area contributed by atoms with Crippen molar-refractivity contribution in [1.29, 1.82) is 0 Å². The molecule has 1 aliphatic heterocycles. The number of nitrogens with one attached hydrogen (secondary N) is 2. The molecule has 2 unspecified atom stereocenters. The van der Waals surface area contributed by atoms with Gasteiger partial charge in [0, 0.05) is 6.04 Å². The molecule has 0 saturated carbocycles. The molecule has 2 amide bonds. The standard InChI is InChI=1S/C11H21N3O2/c1-7(2)5-8(3)13-14-9(4)12-10(15)6-11(14)16/h7-9,13H,5-6H2,1-4H3,(H,12,15). The van der Waals surface area contributed by atoms with E-state index in [0.717, 1.165) is 6.42 Å². The van der Waals surface area contributed by atoms with Crippen LogP contribution in [0.3, 0.4) is 0 Å². The second-order valence-electron chi connectivity index (χ2n) is 4.84. The first-order valence-electron chi connectivity index (χ1n) is 5.77. The molecular weight excluding hydrogens is 206 g/mol. The lowest BCUT2D eigenvalue weighted by atomic mass is 10.1. The van der Waals surface area contributed by atoms with Crippen LogP contribution < -0.4 is 10.7 Å². The van der Waals surface area contributed by atoms with Gasteiger partial charge in [0.15, 0.2) is 0 Å². The predicted octanol–water partition coefficient (Wildman–Crippen LogP) is 0.620. The van der Waals surface area contributed by atoms with Crippen LogP contribution >= 0.6 is 0 Å². The second-order valence-corrected chi connectivity index (χ2v) is 4.84. The van der Waals surface area contributed by atoms with Crippen LogP contribution in [0.2, 0.25) is 0 Å². The summed E-state index contributed by atoms with van der Waals surface area (Å²) >= 11 is 0. The minimum Gasteiger partial charge on any atom is -0.334 e. The second kappa shape index (κ2) is 5.30. The highest BCUT2D eigenvalue weighted by Crippen LogP contribution is 2.08. The molecule has 5 nitrogen and oxygen atoms in total. The van der Waals surface area contributed by atoms with Crippen molar-refractivity contribution in [3.63, 3.8) is 0 Å². The lowest BCUT2D eigenvalue weighted by Gasteiger charge is -2.36. The van der Waals surface area contributed by atoms with Crippen LogP contribution in [-0.2, 0) is 9.59 Å². The van der Waals surface area contributed by atoms with Gasteiger partial charge in [0.05, 0.1) is 0 Å². The molecule has 0 aromatic carbocycles. The van der Waals surface area contributed by atoms with Crippen LogP contribution in [0.15, 0.2) is 0 Å². The molecule has 0 aliphatic carbocycles. The van der Waals surface area contributed by atoms with Crippen molar-refractivity contribution in [2.75, 3.05) is 0 Å². The molecule has 0 aromatic rings. The Balaban J connectivity index is 2.52. The Hall–Kier alpha value is -1.10. The first kappa shape index (κ1) is 13.0. The van der Waals surface area contributed by atoms with Crippen molar-refractivity contribution in [2.45, 2.75) is 52.7 Å². The van der Waals surface area contributed by atoms with Gasteiger partial charge in [-0.3, -0.25) is 14.6 Å². The van der Waals surface area contributed by atoms with Crippen LogP contribution in [0.25, 0.3) is 0 Å². The van der Waals surface area contributed by atoms with Gasteiger partial charge >= 0.3 is 0 Å². The van der Waals surface area contributed by atoms with Gasteiger partial charge in [-0.05, 0) is 26.2 Å². The van der Waals surface area contributed by atoms with Crippen LogP contribution in [0.1, 0.15) is 40.5 Å². The van der Waals surface area contributed by atoms with Crippen LogP contribution in [-0.4, -0.2) is 29.0 Å². The highest BCUT2D eigenvalue weighted by atomic mass is 16.2. The molecule has 1 heterocycles. The number of hydrazine groups is 1. The van der Waals surface area contributed by atoms with Crippen LogP contribution in [0.4, 0.5) is 0 Å². The third-order valence-corrected chi connectivity index (χ3v) is 2.52. The molecular formula is C11H21N3O2. The largest absolute Gasteiger partial charge is 0.334 e. The molecule has 16 heavy (non-hydrogen) atoms. The molecule has 1 aliphatic rings. The number of carbonyl (C=O) groups is 2. The average molecular weight is 227 g/mol. The van der Waals surface area contributed by atoms with Crippen molar-refractivity contribution >= 4 is 11.8 Å². The lowest BCUT2D eigenvalue weighted by molar-refractivity contribution is -0.149. The van der Waals surface area contributed by atoms with E-state index in [2.05, 4.69) is 24.6 Å². The highest BCUT2D eigenvalue weighted by molar-refractivity contribution is 5.99. The van der Waals surface area contributed by atoms with E-state index in [-0.39, 0.29) is 30.4 Å². The summed E-state index contributed by atoms with van der Waals surface area (Å²) < 4.78 is 0. The number of amides is 2. The van der Waals surface area contributed by atoms with Crippen LogP contribution in [0.5, 0.6) is 0 Å². The van der Waals surface area contributed by atoms with E-state index < -0.39 is 0 Å². The van der Waals surface area contributed by atoms with Gasteiger partial charge in [0.2, 0.25) is 11.8 Å². The van der Waals surface area contributed by atoms with Gasteiger partial charge in [0.25, 0.3) is 0 Å². The summed E-state index contributed by atoms with van der Waals surface area (Å²) in [5.41, 5.74) is 3.14. The molecule has 0 radical (unpaired) electrons. The van der Waals surface area contributed by atoms with Gasteiger partial charge in [-0.15, -0.1) is 0 Å². The molecule has 1 fully saturated rings. The summed E-state index contributed by atoms with van der Waals surface area (Å²) in [4.78, 5) is 22.7. The minimum atomic E-state index is -0.275. The van der Waals surface area contributed by atoms with Crippen molar-refractivity contribution in [3.8, 4) is 0 Å². The van der Waals surface area contributed by atoms with Crippen molar-refractivity contribution < 1.29 is 9.59 Å². The van der Waals surface area contributed by atoms with E-state index in [0.29, 0.717) is 5.92 Å². The number of rotatable bonds is 4. The first-order valence-corrected chi connectivity index (χ1v) is 5.77. The highest BCUT2D eigenvalue weighted by Gasteiger charge is 2.29. The molecule has 2 N–H and O–H groups in total. The zero-order valence-electron chi connectivity index (χ0n) is 10.4. The fourth-order valence-electron chi connectivity index (χ4n) is 1.97. The molecule has 92 valence electrons. The lowest BCUT2D eigenvalue weighted by Crippen LogP contribution is -2.62. The number of nitrogens with zero attached hydrogens (tertiary/aromatic N) is 1. The van der Waals surface area contributed by atoms with Gasteiger partial charge in [-0.2, -0.15) is 0 Å². The van der Waals surface area contributed by atoms with Gasteiger partial charge < -0.3 is 5.32 Å². The Labute approximate surface area is 96.5 Å². The Morgan fingerprint density at radius 3 is 2.56 bits per heavy atom. The van der Waals surface area contributed by atoms with E-state index in [1.807, 2.05) is 6.92 Å². The molecule has 2 atom stereocenters. The summed E-state index contributed by atoms with van der Waals surface area (Å²) in [6, 6.07) is 0.224. The normalized spacial score (nSPS) is 23.6. The maximum absolute atomic E-state index is 11.6. The molecule has 1 saturated heterocycles. The summed E-state index contributed by atoms with van der Waals surface area (Å²) in [6.07, 6.45) is 0.652. The van der Waals surface area contributed by atoms with E-state index >= 15 is 0 Å². The Kier molecular flexibility index (Phi) is 4.29. The zero-order chi connectivity index (χ0) is 12.3. The fraction of sp³-hybridized carbons (Fsp3) is 0.818. The minimum absolute atomic E-state index is 0.0638. The van der Waals surface area contributed by atoms with E-state index in [4.69, 9.17) is 0 Å². The van der Waals surface area contributed by atoms with Gasteiger partial charge in [-0.1, -0.05) is 13.8 Å². The van der Waals surface area contributed by atoms with Crippen molar-refractivity contribution in [1.82, 2.24) is 15.8 Å². The quantitative estimate of drug-likeness (QED) is 0.692. The monoisotopic (exact) mass is 227 g/mol. The molecule has 0 bridgehead atoms. The summed E-state index contributed by atoms with van der Waals surface area (Å²) in [5.74, 6) is 0.214. The average Bonchev–Trinajstić information content (AvgIpc) is 2.09. The van der Waals surface area contributed by atoms with E-state index in [1.165, 1.54) is 5.01 Å². The first-order chi connectivity index (χ1) is 7.40. The Morgan fingerprint density at radius 2 is 2.06 bits per heavy atom. The predicted molar refractivity (Wildman–Crippen MR) is 61.1 cm³/mol. The molecule has 1 rings (SSSR count). The summed E-state index contributed by atoms with van der Waals surface area (Å²) in [7, 11) is 0. The molecule has 5 heteroatoms. The molecule has 0 spiro atoms. The maximum Gasteiger partial charge on any atom is 0.248 e. The fourth-order valence-corrected chi connectivity index (χ4v) is 1.97. The van der Waals surface area contributed by atoms with Crippen molar-refractivity contribution in [2.24, 2.45) is 5.92 Å². The third-order valence-electron chi connectivity index (χ3n) is 2.52. The SMILES string of the molecule is CC(C)CC(C)NN1C(=O)CC(=O)NC1C. The number of hydrogen-bond donors (Lipinski definition) is 2. The smallest absolute Gasteiger partial charge is 0.248 e. The summed E-state index contributed by atoms with van der Waals surface area (Å²) in [5, 5.41) is 4.24. The maximum atomic E-state index is 11.6. The Bertz CT molecular complexity index is 278. The van der Waals surface area contributed by atoms with Crippen molar-refractivity contribution in [3.05, 3.63) is 0 Å². The van der Waals surface area contributed by atoms with E-state index in [9.17, 15) is 9.59 Å².